The number of hydrogen-bond donors (Lipinski definition) is 3. The molecule has 0 spiro atoms. The number of anilines is 2. The fourth-order valence-electron chi connectivity index (χ4n) is 5.44. The Morgan fingerprint density at radius 1 is 0.957 bits per heavy atom. The average molecular weight is 695 g/mol. The Labute approximate surface area is 276 Å². The van der Waals surface area contributed by atoms with Crippen LogP contribution in [0.25, 0.3) is 0 Å². The molecular formula is C31H26N4O9S3. The van der Waals surface area contributed by atoms with E-state index in [2.05, 4.69) is 10.3 Å². The zero-order valence-corrected chi connectivity index (χ0v) is 26.9. The number of thioether (sulfide) groups is 1. The molecule has 0 radical (unpaired) electrons. The van der Waals surface area contributed by atoms with Gasteiger partial charge in [0.15, 0.2) is 6.61 Å². The SMILES string of the molecule is CCOC(=O)c1ccc(N2C(=O)C3Sc4[nH]c(=O)sc4C(c4ccc(OCC(=O)Nc5ccc(S(N)(=O)=O)cc5)cc4)C3C2=O)cc1. The Morgan fingerprint density at radius 2 is 1.64 bits per heavy atom. The minimum absolute atomic E-state index is 0.0881. The summed E-state index contributed by atoms with van der Waals surface area (Å²) in [5, 5.41) is 7.43. The van der Waals surface area contributed by atoms with Crippen molar-refractivity contribution in [2.75, 3.05) is 23.4 Å². The number of nitrogens with zero attached hydrogens (tertiary/aromatic N) is 1. The summed E-state index contributed by atoms with van der Waals surface area (Å²) in [5.74, 6) is -2.93. The largest absolute Gasteiger partial charge is 0.484 e. The lowest BCUT2D eigenvalue weighted by molar-refractivity contribution is -0.122. The van der Waals surface area contributed by atoms with Crippen LogP contribution in [0.1, 0.15) is 33.6 Å². The smallest absolute Gasteiger partial charge is 0.338 e. The first-order valence-corrected chi connectivity index (χ1v) is 17.4. The van der Waals surface area contributed by atoms with Crippen LogP contribution in [-0.4, -0.2) is 55.6 Å². The molecule has 3 unspecified atom stereocenters. The topological polar surface area (TPSA) is 195 Å². The number of esters is 1. The molecule has 47 heavy (non-hydrogen) atoms. The van der Waals surface area contributed by atoms with Crippen molar-refractivity contribution in [3.63, 3.8) is 0 Å². The van der Waals surface area contributed by atoms with Crippen LogP contribution < -0.4 is 25.0 Å². The highest BCUT2D eigenvalue weighted by molar-refractivity contribution is 8.00. The van der Waals surface area contributed by atoms with Crippen molar-refractivity contribution in [1.82, 2.24) is 4.98 Å². The van der Waals surface area contributed by atoms with Crippen LogP contribution in [0.15, 0.2) is 87.5 Å². The molecule has 3 aromatic carbocycles. The van der Waals surface area contributed by atoms with Gasteiger partial charge in [0.1, 0.15) is 11.0 Å². The number of aromatic amines is 1. The van der Waals surface area contributed by atoms with Crippen LogP contribution in [0.3, 0.4) is 0 Å². The maximum Gasteiger partial charge on any atom is 0.338 e. The zero-order valence-electron chi connectivity index (χ0n) is 24.5. The van der Waals surface area contributed by atoms with E-state index < -0.39 is 50.8 Å². The van der Waals surface area contributed by atoms with E-state index in [0.717, 1.165) is 28.0 Å². The van der Waals surface area contributed by atoms with E-state index >= 15 is 0 Å². The van der Waals surface area contributed by atoms with Gasteiger partial charge in [-0.25, -0.2) is 23.3 Å². The Hall–Kier alpha value is -4.77. The second-order valence-electron chi connectivity index (χ2n) is 10.5. The first-order chi connectivity index (χ1) is 22.4. The normalized spacial score (nSPS) is 18.8. The predicted octanol–water partition coefficient (Wildman–Crippen LogP) is 3.07. The van der Waals surface area contributed by atoms with Gasteiger partial charge in [0.05, 0.1) is 33.7 Å². The van der Waals surface area contributed by atoms with Crippen LogP contribution in [0, 0.1) is 5.92 Å². The van der Waals surface area contributed by atoms with E-state index in [4.69, 9.17) is 14.6 Å². The Bertz CT molecular complexity index is 2040. The molecule has 0 saturated carbocycles. The van der Waals surface area contributed by atoms with Gasteiger partial charge in [-0.3, -0.25) is 19.2 Å². The number of rotatable bonds is 9. The maximum atomic E-state index is 13.9. The van der Waals surface area contributed by atoms with Gasteiger partial charge >= 0.3 is 10.8 Å². The number of fused-ring (bicyclic) bond motifs is 2. The van der Waals surface area contributed by atoms with Gasteiger partial charge in [-0.05, 0) is 73.2 Å². The number of hydrogen-bond acceptors (Lipinski definition) is 11. The molecule has 4 N–H and O–H groups in total. The number of carbonyl (C=O) groups excluding carboxylic acids is 4. The quantitative estimate of drug-likeness (QED) is 0.173. The molecule has 0 aliphatic carbocycles. The van der Waals surface area contributed by atoms with Crippen LogP contribution in [0.4, 0.5) is 11.4 Å². The van der Waals surface area contributed by atoms with Gasteiger partial charge in [0.25, 0.3) is 5.91 Å². The Balaban J connectivity index is 1.19. The third kappa shape index (κ3) is 6.44. The molecule has 3 atom stereocenters. The number of imide groups is 1. The first-order valence-electron chi connectivity index (χ1n) is 14.1. The summed E-state index contributed by atoms with van der Waals surface area (Å²) in [6.07, 6.45) is 0. The summed E-state index contributed by atoms with van der Waals surface area (Å²) in [4.78, 5) is 68.7. The van der Waals surface area contributed by atoms with Gasteiger partial charge in [0, 0.05) is 16.5 Å². The summed E-state index contributed by atoms with van der Waals surface area (Å²) in [5.41, 5.74) is 1.63. The van der Waals surface area contributed by atoms with Crippen molar-refractivity contribution in [3.05, 3.63) is 98.5 Å². The molecule has 1 fully saturated rings. The highest BCUT2D eigenvalue weighted by Gasteiger charge is 2.56. The molecule has 3 amide bonds. The summed E-state index contributed by atoms with van der Waals surface area (Å²) in [6, 6.07) is 18.1. The highest BCUT2D eigenvalue weighted by atomic mass is 32.2. The molecule has 3 heterocycles. The molecule has 16 heteroatoms. The first kappa shape index (κ1) is 32.2. The number of nitrogens with two attached hydrogens (primary N) is 1. The van der Waals surface area contributed by atoms with Gasteiger partial charge in [-0.15, -0.1) is 0 Å². The molecule has 1 saturated heterocycles. The number of sulfonamides is 1. The van der Waals surface area contributed by atoms with Crippen molar-refractivity contribution in [2.24, 2.45) is 11.1 Å². The minimum Gasteiger partial charge on any atom is -0.484 e. The van der Waals surface area contributed by atoms with Crippen LogP contribution >= 0.6 is 23.1 Å². The van der Waals surface area contributed by atoms with E-state index in [1.165, 1.54) is 48.5 Å². The number of aromatic nitrogens is 1. The number of benzene rings is 3. The van der Waals surface area contributed by atoms with E-state index in [-0.39, 0.29) is 28.5 Å². The minimum atomic E-state index is -3.86. The highest BCUT2D eigenvalue weighted by Crippen LogP contribution is 2.53. The molecule has 2 aliphatic heterocycles. The van der Waals surface area contributed by atoms with E-state index in [1.54, 1.807) is 31.2 Å². The molecule has 242 valence electrons. The van der Waals surface area contributed by atoms with Crippen molar-refractivity contribution in [1.29, 1.82) is 0 Å². The number of carbonyl (C=O) groups is 4. The fraction of sp³-hybridized carbons (Fsp3) is 0.194. The molecule has 0 bridgehead atoms. The summed E-state index contributed by atoms with van der Waals surface area (Å²) < 4.78 is 33.5. The number of primary sulfonamides is 1. The van der Waals surface area contributed by atoms with Crippen LogP contribution in [-0.2, 0) is 29.1 Å². The van der Waals surface area contributed by atoms with Crippen LogP contribution in [0.5, 0.6) is 5.75 Å². The lowest BCUT2D eigenvalue weighted by Gasteiger charge is -2.29. The molecule has 13 nitrogen and oxygen atoms in total. The summed E-state index contributed by atoms with van der Waals surface area (Å²) >= 11 is 2.14. The van der Waals surface area contributed by atoms with E-state index in [1.807, 2.05) is 0 Å². The van der Waals surface area contributed by atoms with Crippen molar-refractivity contribution in [2.45, 2.75) is 28.0 Å². The van der Waals surface area contributed by atoms with E-state index in [0.29, 0.717) is 32.6 Å². The van der Waals surface area contributed by atoms with Gasteiger partial charge in [-0.1, -0.05) is 35.2 Å². The molecule has 6 rings (SSSR count). The summed E-state index contributed by atoms with van der Waals surface area (Å²) in [7, 11) is -3.86. The van der Waals surface area contributed by atoms with Gasteiger partial charge in [-0.2, -0.15) is 0 Å². The number of nitrogens with one attached hydrogen (secondary N) is 2. The third-order valence-corrected chi connectivity index (χ3v) is 10.9. The molecule has 1 aromatic heterocycles. The lowest BCUT2D eigenvalue weighted by Crippen LogP contribution is -2.32. The monoisotopic (exact) mass is 694 g/mol. The van der Waals surface area contributed by atoms with Gasteiger partial charge < -0.3 is 19.8 Å². The second kappa shape index (κ2) is 12.8. The standard InChI is InChI=1S/C31H26N4O9S3/c1-2-43-30(39)17-3-9-19(10-4-17)35-28(37)24-23(25-27(34-31(40)46-25)45-26(24)29(35)38)16-5-11-20(12-6-16)44-15-22(36)33-18-7-13-21(14-8-18)47(32,41)42/h3-14,23-24,26H,2,15H2,1H3,(H,33,36)(H,34,40)(H2,32,41,42). The Morgan fingerprint density at radius 3 is 2.28 bits per heavy atom. The van der Waals surface area contributed by atoms with Crippen molar-refractivity contribution >= 4 is 68.2 Å². The van der Waals surface area contributed by atoms with Crippen molar-refractivity contribution < 1.29 is 37.1 Å². The molecule has 2 aliphatic rings. The molecule has 4 aromatic rings. The number of ether oxygens (including phenoxy) is 2. The number of amides is 3. The number of thiazole rings is 1. The maximum absolute atomic E-state index is 13.9. The second-order valence-corrected chi connectivity index (χ2v) is 14.2. The Kier molecular flexibility index (Phi) is 8.76. The van der Waals surface area contributed by atoms with Gasteiger partial charge in [0.2, 0.25) is 21.8 Å². The average Bonchev–Trinajstić information content (AvgIpc) is 3.54. The fourth-order valence-corrected chi connectivity index (χ4v) is 8.47. The van der Waals surface area contributed by atoms with E-state index in [9.17, 15) is 32.4 Å². The predicted molar refractivity (Wildman–Crippen MR) is 173 cm³/mol. The number of H-pyrrole nitrogens is 1. The lowest BCUT2D eigenvalue weighted by atomic mass is 9.83. The van der Waals surface area contributed by atoms with Crippen LogP contribution in [0.2, 0.25) is 0 Å². The van der Waals surface area contributed by atoms with Crippen molar-refractivity contribution in [3.8, 4) is 5.75 Å². The zero-order chi connectivity index (χ0) is 33.5. The third-order valence-electron chi connectivity index (χ3n) is 7.54. The summed E-state index contributed by atoms with van der Waals surface area (Å²) in [6.45, 7) is 1.56. The molecular weight excluding hydrogens is 669 g/mol.